The molecular formula is C14H16F2N2O6. The van der Waals surface area contributed by atoms with Gasteiger partial charge < -0.3 is 14.2 Å². The van der Waals surface area contributed by atoms with Gasteiger partial charge in [-0.05, 0) is 25.1 Å². The Morgan fingerprint density at radius 3 is 2.46 bits per heavy atom. The Morgan fingerprint density at radius 2 is 1.88 bits per heavy atom. The van der Waals surface area contributed by atoms with Gasteiger partial charge >= 0.3 is 12.6 Å². The molecule has 0 spiro atoms. The third kappa shape index (κ3) is 6.46. The number of rotatable bonds is 7. The highest BCUT2D eigenvalue weighted by molar-refractivity contribution is 5.92. The van der Waals surface area contributed by atoms with Crippen LogP contribution in [0.3, 0.4) is 0 Å². The Hall–Kier alpha value is -2.91. The number of benzene rings is 1. The van der Waals surface area contributed by atoms with Crippen molar-refractivity contribution in [2.45, 2.75) is 20.5 Å². The molecule has 8 nitrogen and oxygen atoms in total. The maximum atomic E-state index is 12.3. The fraction of sp³-hybridized carbons (Fsp3) is 0.357. The number of hydrogen-bond donors (Lipinski definition) is 2. The van der Waals surface area contributed by atoms with Gasteiger partial charge in [0.15, 0.2) is 18.1 Å². The topological polar surface area (TPSA) is 103 Å². The van der Waals surface area contributed by atoms with Crippen molar-refractivity contribution in [1.82, 2.24) is 10.9 Å². The normalized spacial score (nSPS) is 10.0. The molecule has 0 radical (unpaired) electrons. The molecule has 0 saturated carbocycles. The lowest BCUT2D eigenvalue weighted by atomic mass is 10.2. The van der Waals surface area contributed by atoms with Gasteiger partial charge in [0.05, 0.1) is 12.2 Å². The van der Waals surface area contributed by atoms with E-state index in [1.54, 1.807) is 6.92 Å². The molecule has 1 rings (SSSR count). The molecule has 0 aliphatic heterocycles. The molecule has 0 unspecified atom stereocenters. The number of carbonyl (C=O) groups excluding carboxylic acids is 3. The highest BCUT2D eigenvalue weighted by atomic mass is 19.3. The first-order valence-corrected chi connectivity index (χ1v) is 6.77. The molecule has 0 heterocycles. The third-order valence-electron chi connectivity index (χ3n) is 2.41. The van der Waals surface area contributed by atoms with Crippen LogP contribution in [0, 0.1) is 0 Å². The highest BCUT2D eigenvalue weighted by Gasteiger charge is 2.16. The SMILES string of the molecule is CCOc1cc(C(=O)OCC(=O)NNC(C)=O)ccc1OC(F)F. The van der Waals surface area contributed by atoms with Crippen molar-refractivity contribution in [1.29, 1.82) is 0 Å². The van der Waals surface area contributed by atoms with Crippen LogP contribution in [-0.4, -0.2) is 37.6 Å². The van der Waals surface area contributed by atoms with Crippen LogP contribution in [0.25, 0.3) is 0 Å². The second kappa shape index (κ2) is 9.28. The minimum Gasteiger partial charge on any atom is -0.490 e. The van der Waals surface area contributed by atoms with E-state index in [2.05, 4.69) is 4.74 Å². The summed E-state index contributed by atoms with van der Waals surface area (Å²) in [6.45, 7) is -0.705. The van der Waals surface area contributed by atoms with Crippen LogP contribution in [0.5, 0.6) is 11.5 Å². The summed E-state index contributed by atoms with van der Waals surface area (Å²) in [5, 5.41) is 0. The summed E-state index contributed by atoms with van der Waals surface area (Å²) in [7, 11) is 0. The van der Waals surface area contributed by atoms with Crippen LogP contribution in [-0.2, 0) is 14.3 Å². The van der Waals surface area contributed by atoms with E-state index in [0.29, 0.717) is 0 Å². The van der Waals surface area contributed by atoms with Crippen molar-refractivity contribution in [2.24, 2.45) is 0 Å². The Bertz CT molecular complexity index is 609. The van der Waals surface area contributed by atoms with Crippen LogP contribution in [0.15, 0.2) is 18.2 Å². The quantitative estimate of drug-likeness (QED) is 0.564. The number of amides is 2. The van der Waals surface area contributed by atoms with E-state index in [1.807, 2.05) is 10.9 Å². The lowest BCUT2D eigenvalue weighted by Gasteiger charge is -2.12. The van der Waals surface area contributed by atoms with Crippen molar-refractivity contribution < 1.29 is 37.4 Å². The average Bonchev–Trinajstić information content (AvgIpc) is 2.52. The van der Waals surface area contributed by atoms with Crippen LogP contribution >= 0.6 is 0 Å². The predicted molar refractivity (Wildman–Crippen MR) is 76.5 cm³/mol. The number of halogens is 2. The zero-order valence-electron chi connectivity index (χ0n) is 12.9. The Morgan fingerprint density at radius 1 is 1.17 bits per heavy atom. The van der Waals surface area contributed by atoms with Crippen molar-refractivity contribution >= 4 is 17.8 Å². The summed E-state index contributed by atoms with van der Waals surface area (Å²) >= 11 is 0. The van der Waals surface area contributed by atoms with Gasteiger partial charge in [0.1, 0.15) is 0 Å². The number of esters is 1. The molecule has 2 amide bonds. The van der Waals surface area contributed by atoms with Crippen molar-refractivity contribution in [3.63, 3.8) is 0 Å². The van der Waals surface area contributed by atoms with Gasteiger partial charge in [0, 0.05) is 6.92 Å². The number of nitrogens with one attached hydrogen (secondary N) is 2. The molecule has 0 aliphatic rings. The standard InChI is InChI=1S/C14H16F2N2O6/c1-3-22-11-6-9(4-5-10(11)24-14(15)16)13(21)23-7-12(20)18-17-8(2)19/h4-6,14H,3,7H2,1-2H3,(H,17,19)(H,18,20). The first-order chi connectivity index (χ1) is 11.3. The van der Waals surface area contributed by atoms with Gasteiger partial charge in [-0.1, -0.05) is 0 Å². The molecule has 0 fully saturated rings. The molecular weight excluding hydrogens is 330 g/mol. The Labute approximate surface area is 136 Å². The summed E-state index contributed by atoms with van der Waals surface area (Å²) < 4.78 is 38.7. The molecule has 2 N–H and O–H groups in total. The summed E-state index contributed by atoms with van der Waals surface area (Å²) in [5.41, 5.74) is 4.01. The van der Waals surface area contributed by atoms with Crippen LogP contribution < -0.4 is 20.3 Å². The minimum atomic E-state index is -3.04. The minimum absolute atomic E-state index is 0.0209. The second-order valence-electron chi connectivity index (χ2n) is 4.28. The van der Waals surface area contributed by atoms with E-state index in [1.165, 1.54) is 13.0 Å². The summed E-state index contributed by atoms with van der Waals surface area (Å²) in [5.74, 6) is -2.41. The zero-order valence-corrected chi connectivity index (χ0v) is 12.9. The Balaban J connectivity index is 2.71. The lowest BCUT2D eigenvalue weighted by molar-refractivity contribution is -0.129. The Kier molecular flexibility index (Phi) is 7.40. The van der Waals surface area contributed by atoms with E-state index >= 15 is 0 Å². The summed E-state index contributed by atoms with van der Waals surface area (Å²) in [4.78, 5) is 33.7. The van der Waals surface area contributed by atoms with Gasteiger partial charge in [-0.2, -0.15) is 8.78 Å². The number of carbonyl (C=O) groups is 3. The first-order valence-electron chi connectivity index (χ1n) is 6.77. The lowest BCUT2D eigenvalue weighted by Crippen LogP contribution is -2.42. The van der Waals surface area contributed by atoms with E-state index in [0.717, 1.165) is 12.1 Å². The first kappa shape index (κ1) is 19.1. The monoisotopic (exact) mass is 346 g/mol. The number of ether oxygens (including phenoxy) is 3. The summed E-state index contributed by atoms with van der Waals surface area (Å²) in [6, 6.07) is 3.48. The van der Waals surface area contributed by atoms with E-state index in [4.69, 9.17) is 9.47 Å². The number of hydrogen-bond acceptors (Lipinski definition) is 6. The molecule has 0 aromatic heterocycles. The van der Waals surface area contributed by atoms with Gasteiger partial charge in [0.2, 0.25) is 5.91 Å². The van der Waals surface area contributed by atoms with Crippen molar-refractivity contribution in [2.75, 3.05) is 13.2 Å². The third-order valence-corrected chi connectivity index (χ3v) is 2.41. The molecule has 0 saturated heterocycles. The van der Waals surface area contributed by atoms with Crippen LogP contribution in [0.4, 0.5) is 8.78 Å². The van der Waals surface area contributed by atoms with Gasteiger partial charge in [0.25, 0.3) is 5.91 Å². The molecule has 1 aromatic rings. The molecule has 10 heteroatoms. The largest absolute Gasteiger partial charge is 0.490 e. The van der Waals surface area contributed by atoms with Gasteiger partial charge in [-0.15, -0.1) is 0 Å². The molecule has 0 bridgehead atoms. The van der Waals surface area contributed by atoms with E-state index in [-0.39, 0.29) is 23.7 Å². The van der Waals surface area contributed by atoms with Gasteiger partial charge in [-0.25, -0.2) is 4.79 Å². The van der Waals surface area contributed by atoms with Gasteiger partial charge in [-0.3, -0.25) is 20.4 Å². The second-order valence-corrected chi connectivity index (χ2v) is 4.28. The molecule has 0 aliphatic carbocycles. The summed E-state index contributed by atoms with van der Waals surface area (Å²) in [6.07, 6.45) is 0. The molecule has 0 atom stereocenters. The van der Waals surface area contributed by atoms with E-state index in [9.17, 15) is 23.2 Å². The molecule has 132 valence electrons. The fourth-order valence-electron chi connectivity index (χ4n) is 1.50. The maximum absolute atomic E-state index is 12.3. The maximum Gasteiger partial charge on any atom is 0.387 e. The zero-order chi connectivity index (χ0) is 18.1. The van der Waals surface area contributed by atoms with Crippen molar-refractivity contribution in [3.8, 4) is 11.5 Å². The highest BCUT2D eigenvalue weighted by Crippen LogP contribution is 2.30. The van der Waals surface area contributed by atoms with Crippen molar-refractivity contribution in [3.05, 3.63) is 23.8 Å². The predicted octanol–water partition coefficient (Wildman–Crippen LogP) is 1.01. The molecule has 1 aromatic carbocycles. The number of alkyl halides is 2. The molecule has 24 heavy (non-hydrogen) atoms. The van der Waals surface area contributed by atoms with Crippen LogP contribution in [0.1, 0.15) is 24.2 Å². The van der Waals surface area contributed by atoms with Crippen LogP contribution in [0.2, 0.25) is 0 Å². The average molecular weight is 346 g/mol. The fourth-order valence-corrected chi connectivity index (χ4v) is 1.50. The van der Waals surface area contributed by atoms with E-state index < -0.39 is 31.0 Å². The smallest absolute Gasteiger partial charge is 0.387 e. The number of hydrazine groups is 1.